The summed E-state index contributed by atoms with van der Waals surface area (Å²) in [5, 5.41) is 3.84. The van der Waals surface area contributed by atoms with Crippen molar-refractivity contribution >= 4 is 18.0 Å². The average molecular weight is 291 g/mol. The SMILES string of the molecule is CCCN(CCC)c1ccc(/C=N\NC(=O)OCC)cc1. The van der Waals surface area contributed by atoms with Crippen molar-refractivity contribution in [2.75, 3.05) is 24.6 Å². The summed E-state index contributed by atoms with van der Waals surface area (Å²) in [6.45, 7) is 8.58. The molecule has 1 N–H and O–H groups in total. The minimum atomic E-state index is -0.539. The lowest BCUT2D eigenvalue weighted by Gasteiger charge is -2.23. The van der Waals surface area contributed by atoms with Crippen LogP contribution in [0.25, 0.3) is 0 Å². The van der Waals surface area contributed by atoms with E-state index in [0.29, 0.717) is 6.61 Å². The zero-order chi connectivity index (χ0) is 15.5. The van der Waals surface area contributed by atoms with Gasteiger partial charge in [0.25, 0.3) is 0 Å². The molecule has 0 radical (unpaired) electrons. The van der Waals surface area contributed by atoms with Crippen LogP contribution >= 0.6 is 0 Å². The second-order valence-corrected chi connectivity index (χ2v) is 4.67. The minimum absolute atomic E-state index is 0.334. The highest BCUT2D eigenvalue weighted by molar-refractivity contribution is 5.81. The van der Waals surface area contributed by atoms with E-state index in [9.17, 15) is 4.79 Å². The molecule has 0 bridgehead atoms. The topological polar surface area (TPSA) is 53.9 Å². The van der Waals surface area contributed by atoms with Crippen molar-refractivity contribution in [1.82, 2.24) is 5.43 Å². The van der Waals surface area contributed by atoms with Crippen molar-refractivity contribution in [1.29, 1.82) is 0 Å². The van der Waals surface area contributed by atoms with Gasteiger partial charge >= 0.3 is 6.09 Å². The van der Waals surface area contributed by atoms with Gasteiger partial charge in [-0.05, 0) is 37.5 Å². The van der Waals surface area contributed by atoms with Gasteiger partial charge in [0.05, 0.1) is 12.8 Å². The van der Waals surface area contributed by atoms with Gasteiger partial charge in [-0.15, -0.1) is 0 Å². The Kier molecular flexibility index (Phi) is 7.94. The number of anilines is 1. The van der Waals surface area contributed by atoms with Crippen LogP contribution in [0, 0.1) is 0 Å². The molecular formula is C16H25N3O2. The molecule has 0 aliphatic carbocycles. The fourth-order valence-electron chi connectivity index (χ4n) is 2.00. The van der Waals surface area contributed by atoms with Crippen molar-refractivity contribution in [2.45, 2.75) is 33.6 Å². The first-order chi connectivity index (χ1) is 10.2. The Morgan fingerprint density at radius 2 is 1.81 bits per heavy atom. The molecule has 0 unspecified atom stereocenters. The minimum Gasteiger partial charge on any atom is -0.449 e. The Hall–Kier alpha value is -2.04. The normalized spacial score (nSPS) is 10.6. The van der Waals surface area contributed by atoms with Crippen LogP contribution < -0.4 is 10.3 Å². The highest BCUT2D eigenvalue weighted by atomic mass is 16.5. The van der Waals surface area contributed by atoms with E-state index in [1.807, 2.05) is 12.1 Å². The van der Waals surface area contributed by atoms with E-state index in [-0.39, 0.29) is 0 Å². The smallest absolute Gasteiger partial charge is 0.427 e. The summed E-state index contributed by atoms with van der Waals surface area (Å²) >= 11 is 0. The van der Waals surface area contributed by atoms with Crippen molar-refractivity contribution in [2.24, 2.45) is 5.10 Å². The van der Waals surface area contributed by atoms with Crippen molar-refractivity contribution < 1.29 is 9.53 Å². The van der Waals surface area contributed by atoms with Gasteiger partial charge in [-0.3, -0.25) is 0 Å². The largest absolute Gasteiger partial charge is 0.449 e. The summed E-state index contributed by atoms with van der Waals surface area (Å²) in [6, 6.07) is 8.14. The van der Waals surface area contributed by atoms with Gasteiger partial charge in [-0.1, -0.05) is 26.0 Å². The zero-order valence-electron chi connectivity index (χ0n) is 13.1. The van der Waals surface area contributed by atoms with E-state index in [2.05, 4.69) is 41.4 Å². The van der Waals surface area contributed by atoms with Gasteiger partial charge in [-0.2, -0.15) is 5.10 Å². The third-order valence-corrected chi connectivity index (χ3v) is 2.89. The van der Waals surface area contributed by atoms with E-state index in [4.69, 9.17) is 4.74 Å². The molecular weight excluding hydrogens is 266 g/mol. The van der Waals surface area contributed by atoms with E-state index in [0.717, 1.165) is 31.5 Å². The third-order valence-electron chi connectivity index (χ3n) is 2.89. The quantitative estimate of drug-likeness (QED) is 0.590. The first-order valence-corrected chi connectivity index (χ1v) is 7.52. The first kappa shape index (κ1) is 17.0. The summed E-state index contributed by atoms with van der Waals surface area (Å²) < 4.78 is 4.71. The fourth-order valence-corrected chi connectivity index (χ4v) is 2.00. The Balaban J connectivity index is 2.60. The lowest BCUT2D eigenvalue weighted by Crippen LogP contribution is -2.24. The van der Waals surface area contributed by atoms with Crippen LogP contribution in [-0.2, 0) is 4.74 Å². The Labute approximate surface area is 127 Å². The second kappa shape index (κ2) is 9.80. The molecule has 0 saturated heterocycles. The van der Waals surface area contributed by atoms with Crippen LogP contribution in [0.15, 0.2) is 29.4 Å². The molecule has 0 heterocycles. The molecule has 0 spiro atoms. The van der Waals surface area contributed by atoms with Gasteiger partial charge < -0.3 is 9.64 Å². The average Bonchev–Trinajstić information content (AvgIpc) is 2.48. The maximum absolute atomic E-state index is 11.1. The molecule has 0 saturated carbocycles. The maximum Gasteiger partial charge on any atom is 0.427 e. The van der Waals surface area contributed by atoms with Crippen LogP contribution in [0.3, 0.4) is 0 Å². The number of hydrogen-bond acceptors (Lipinski definition) is 4. The number of amides is 1. The zero-order valence-corrected chi connectivity index (χ0v) is 13.1. The van der Waals surface area contributed by atoms with Crippen LogP contribution in [-0.4, -0.2) is 32.0 Å². The van der Waals surface area contributed by atoms with E-state index >= 15 is 0 Å². The summed E-state index contributed by atoms with van der Waals surface area (Å²) in [7, 11) is 0. The lowest BCUT2D eigenvalue weighted by atomic mass is 10.2. The highest BCUT2D eigenvalue weighted by Crippen LogP contribution is 2.15. The molecule has 1 aromatic carbocycles. The molecule has 0 atom stereocenters. The number of hydrogen-bond donors (Lipinski definition) is 1. The fraction of sp³-hybridized carbons (Fsp3) is 0.500. The summed E-state index contributed by atoms with van der Waals surface area (Å²) in [5.41, 5.74) is 4.46. The number of hydrazone groups is 1. The van der Waals surface area contributed by atoms with E-state index in [1.165, 1.54) is 5.69 Å². The van der Waals surface area contributed by atoms with Crippen molar-refractivity contribution in [3.8, 4) is 0 Å². The van der Waals surface area contributed by atoms with E-state index in [1.54, 1.807) is 13.1 Å². The van der Waals surface area contributed by atoms with Gasteiger partial charge in [0.15, 0.2) is 0 Å². The van der Waals surface area contributed by atoms with Crippen LogP contribution in [0.5, 0.6) is 0 Å². The Morgan fingerprint density at radius 1 is 1.19 bits per heavy atom. The molecule has 1 aromatic rings. The van der Waals surface area contributed by atoms with Gasteiger partial charge in [0.1, 0.15) is 0 Å². The third kappa shape index (κ3) is 6.29. The number of carbonyl (C=O) groups is 1. The number of nitrogens with one attached hydrogen (secondary N) is 1. The number of ether oxygens (including phenoxy) is 1. The highest BCUT2D eigenvalue weighted by Gasteiger charge is 2.03. The number of rotatable bonds is 8. The van der Waals surface area contributed by atoms with Crippen LogP contribution in [0.4, 0.5) is 10.5 Å². The van der Waals surface area contributed by atoms with Crippen LogP contribution in [0.2, 0.25) is 0 Å². The molecule has 0 aliphatic heterocycles. The molecule has 21 heavy (non-hydrogen) atoms. The summed E-state index contributed by atoms with van der Waals surface area (Å²) in [6.07, 6.45) is 3.33. The maximum atomic E-state index is 11.1. The number of carbonyl (C=O) groups excluding carboxylic acids is 1. The molecule has 1 rings (SSSR count). The van der Waals surface area contributed by atoms with E-state index < -0.39 is 6.09 Å². The molecule has 5 heteroatoms. The standard InChI is InChI=1S/C16H25N3O2/c1-4-11-19(12-5-2)15-9-7-14(8-10-15)13-17-18-16(20)21-6-3/h7-10,13H,4-6,11-12H2,1-3H3,(H,18,20)/b17-13-. The van der Waals surface area contributed by atoms with Gasteiger partial charge in [0, 0.05) is 18.8 Å². The lowest BCUT2D eigenvalue weighted by molar-refractivity contribution is 0.152. The van der Waals surface area contributed by atoms with Crippen molar-refractivity contribution in [3.63, 3.8) is 0 Å². The van der Waals surface area contributed by atoms with Gasteiger partial charge in [-0.25, -0.2) is 10.2 Å². The summed E-state index contributed by atoms with van der Waals surface area (Å²) in [5.74, 6) is 0. The molecule has 0 aromatic heterocycles. The summed E-state index contributed by atoms with van der Waals surface area (Å²) in [4.78, 5) is 13.4. The predicted molar refractivity (Wildman–Crippen MR) is 87.0 cm³/mol. The molecule has 5 nitrogen and oxygen atoms in total. The number of benzene rings is 1. The molecule has 1 amide bonds. The molecule has 0 aliphatic rings. The Morgan fingerprint density at radius 3 is 2.33 bits per heavy atom. The molecule has 116 valence electrons. The second-order valence-electron chi connectivity index (χ2n) is 4.67. The first-order valence-electron chi connectivity index (χ1n) is 7.52. The number of nitrogens with zero attached hydrogens (tertiary/aromatic N) is 2. The predicted octanol–water partition coefficient (Wildman–Crippen LogP) is 3.39. The van der Waals surface area contributed by atoms with Crippen LogP contribution in [0.1, 0.15) is 39.2 Å². The van der Waals surface area contributed by atoms with Crippen molar-refractivity contribution in [3.05, 3.63) is 29.8 Å². The van der Waals surface area contributed by atoms with Gasteiger partial charge in [0.2, 0.25) is 0 Å². The monoisotopic (exact) mass is 291 g/mol. The molecule has 0 fully saturated rings. The Bertz CT molecular complexity index is 437.